The molecule has 4 rings (SSSR count). The van der Waals surface area contributed by atoms with E-state index in [0.29, 0.717) is 34.4 Å². The molecule has 3 heterocycles. The van der Waals surface area contributed by atoms with Crippen LogP contribution in [-0.2, 0) is 13.0 Å². The van der Waals surface area contributed by atoms with Crippen LogP contribution in [0.1, 0.15) is 20.4 Å². The Morgan fingerprint density at radius 3 is 2.62 bits per heavy atom. The van der Waals surface area contributed by atoms with Gasteiger partial charge in [-0.2, -0.15) is 0 Å². The maximum Gasteiger partial charge on any atom is 0.271 e. The first-order valence-electron chi connectivity index (χ1n) is 7.90. The number of ether oxygens (including phenoxy) is 1. The standard InChI is InChI=1S/C18H13F2N3O2S/c19-11-1-4-13(5-2-11)25-10-16-22-14-7-8-23(18(24)17(14)26-16)15-6-3-12(20)9-21-15/h1-6,9H,7-8,10H2. The summed E-state index contributed by atoms with van der Waals surface area (Å²) in [6, 6.07) is 8.47. The Morgan fingerprint density at radius 2 is 1.88 bits per heavy atom. The molecule has 1 amide bonds. The van der Waals surface area contributed by atoms with Crippen molar-refractivity contribution in [3.63, 3.8) is 0 Å². The van der Waals surface area contributed by atoms with Crippen molar-refractivity contribution < 1.29 is 18.3 Å². The van der Waals surface area contributed by atoms with E-state index in [2.05, 4.69) is 9.97 Å². The van der Waals surface area contributed by atoms with Crippen LogP contribution in [0, 0.1) is 11.6 Å². The van der Waals surface area contributed by atoms with Gasteiger partial charge in [0.25, 0.3) is 5.91 Å². The van der Waals surface area contributed by atoms with Crippen LogP contribution in [0.3, 0.4) is 0 Å². The van der Waals surface area contributed by atoms with Crippen LogP contribution in [0.25, 0.3) is 0 Å². The average Bonchev–Trinajstić information content (AvgIpc) is 3.07. The van der Waals surface area contributed by atoms with E-state index in [1.54, 1.807) is 0 Å². The Hall–Kier alpha value is -2.87. The van der Waals surface area contributed by atoms with Crippen molar-refractivity contribution in [3.8, 4) is 5.75 Å². The molecule has 0 unspecified atom stereocenters. The number of carbonyl (C=O) groups is 1. The number of fused-ring (bicyclic) bond motifs is 1. The molecule has 1 aliphatic heterocycles. The van der Waals surface area contributed by atoms with Crippen molar-refractivity contribution in [2.45, 2.75) is 13.0 Å². The second-order valence-electron chi connectivity index (χ2n) is 5.67. The first-order valence-corrected chi connectivity index (χ1v) is 8.72. The van der Waals surface area contributed by atoms with Gasteiger partial charge in [0.2, 0.25) is 0 Å². The molecule has 0 saturated heterocycles. The Morgan fingerprint density at radius 1 is 1.12 bits per heavy atom. The van der Waals surface area contributed by atoms with Crippen molar-refractivity contribution in [1.29, 1.82) is 0 Å². The van der Waals surface area contributed by atoms with Crippen molar-refractivity contribution in [2.75, 3.05) is 11.4 Å². The lowest BCUT2D eigenvalue weighted by Crippen LogP contribution is -2.37. The highest BCUT2D eigenvalue weighted by Gasteiger charge is 2.30. The van der Waals surface area contributed by atoms with Gasteiger partial charge < -0.3 is 4.74 Å². The van der Waals surface area contributed by atoms with Gasteiger partial charge in [-0.15, -0.1) is 11.3 Å². The van der Waals surface area contributed by atoms with Gasteiger partial charge in [-0.05, 0) is 36.4 Å². The molecule has 1 aliphatic rings. The number of aromatic nitrogens is 2. The molecule has 3 aromatic rings. The van der Waals surface area contributed by atoms with Crippen molar-refractivity contribution in [2.24, 2.45) is 0 Å². The van der Waals surface area contributed by atoms with Gasteiger partial charge in [-0.3, -0.25) is 9.69 Å². The minimum atomic E-state index is -0.447. The van der Waals surface area contributed by atoms with E-state index in [-0.39, 0.29) is 18.3 Å². The fraction of sp³-hybridized carbons (Fsp3) is 0.167. The lowest BCUT2D eigenvalue weighted by atomic mass is 10.1. The topological polar surface area (TPSA) is 55.3 Å². The normalized spacial score (nSPS) is 13.6. The molecule has 8 heteroatoms. The number of hydrogen-bond donors (Lipinski definition) is 0. The van der Waals surface area contributed by atoms with E-state index in [0.717, 1.165) is 11.9 Å². The number of benzene rings is 1. The molecule has 0 spiro atoms. The number of nitrogens with zero attached hydrogens (tertiary/aromatic N) is 3. The number of rotatable bonds is 4. The highest BCUT2D eigenvalue weighted by Crippen LogP contribution is 2.28. The van der Waals surface area contributed by atoms with Crippen LogP contribution in [0.2, 0.25) is 0 Å². The fourth-order valence-electron chi connectivity index (χ4n) is 2.66. The third-order valence-electron chi connectivity index (χ3n) is 3.92. The van der Waals surface area contributed by atoms with Crippen LogP contribution in [-0.4, -0.2) is 22.4 Å². The predicted molar refractivity (Wildman–Crippen MR) is 92.4 cm³/mol. The Kier molecular flexibility index (Phi) is 4.34. The van der Waals surface area contributed by atoms with Crippen LogP contribution in [0.4, 0.5) is 14.6 Å². The van der Waals surface area contributed by atoms with Crippen molar-refractivity contribution in [1.82, 2.24) is 9.97 Å². The summed E-state index contributed by atoms with van der Waals surface area (Å²) in [4.78, 5) is 23.2. The van der Waals surface area contributed by atoms with E-state index in [1.165, 1.54) is 52.6 Å². The van der Waals surface area contributed by atoms with Gasteiger partial charge in [0.05, 0.1) is 11.9 Å². The molecule has 0 atom stereocenters. The third-order valence-corrected chi connectivity index (χ3v) is 4.98. The number of thiazole rings is 1. The average molecular weight is 373 g/mol. The molecule has 0 radical (unpaired) electrons. The second-order valence-corrected chi connectivity index (χ2v) is 6.75. The van der Waals surface area contributed by atoms with Crippen LogP contribution >= 0.6 is 11.3 Å². The van der Waals surface area contributed by atoms with E-state index in [1.807, 2.05) is 0 Å². The minimum absolute atomic E-state index is 0.198. The minimum Gasteiger partial charge on any atom is -0.486 e. The lowest BCUT2D eigenvalue weighted by molar-refractivity contribution is 0.0983. The van der Waals surface area contributed by atoms with Gasteiger partial charge >= 0.3 is 0 Å². The molecular weight excluding hydrogens is 360 g/mol. The van der Waals surface area contributed by atoms with Gasteiger partial charge in [0.1, 0.15) is 39.7 Å². The summed E-state index contributed by atoms with van der Waals surface area (Å²) in [6.45, 7) is 0.637. The zero-order valence-corrected chi connectivity index (χ0v) is 14.3. The smallest absolute Gasteiger partial charge is 0.271 e. The summed E-state index contributed by atoms with van der Waals surface area (Å²) in [7, 11) is 0. The maximum atomic E-state index is 13.0. The summed E-state index contributed by atoms with van der Waals surface area (Å²) in [5, 5.41) is 0.668. The molecule has 0 aliphatic carbocycles. The molecule has 0 fully saturated rings. The molecule has 1 aromatic carbocycles. The number of amides is 1. The molecule has 26 heavy (non-hydrogen) atoms. The summed E-state index contributed by atoms with van der Waals surface area (Å²) < 4.78 is 31.5. The summed E-state index contributed by atoms with van der Waals surface area (Å²) in [5.41, 5.74) is 0.732. The maximum absolute atomic E-state index is 13.0. The van der Waals surface area contributed by atoms with E-state index < -0.39 is 5.82 Å². The van der Waals surface area contributed by atoms with E-state index in [4.69, 9.17) is 4.74 Å². The highest BCUT2D eigenvalue weighted by molar-refractivity contribution is 7.14. The molecule has 0 saturated carbocycles. The van der Waals surface area contributed by atoms with E-state index >= 15 is 0 Å². The number of pyridine rings is 1. The SMILES string of the molecule is O=C1c2sc(COc3ccc(F)cc3)nc2CCN1c1ccc(F)cn1. The number of halogens is 2. The largest absolute Gasteiger partial charge is 0.486 e. The highest BCUT2D eigenvalue weighted by atomic mass is 32.1. The van der Waals surface area contributed by atoms with Gasteiger partial charge in [0.15, 0.2) is 0 Å². The van der Waals surface area contributed by atoms with Crippen molar-refractivity contribution >= 4 is 23.1 Å². The van der Waals surface area contributed by atoms with Gasteiger partial charge in [0, 0.05) is 13.0 Å². The quantitative estimate of drug-likeness (QED) is 0.701. The monoisotopic (exact) mass is 373 g/mol. The Bertz CT molecular complexity index is 942. The number of hydrogen-bond acceptors (Lipinski definition) is 5. The van der Waals surface area contributed by atoms with Crippen molar-refractivity contribution in [3.05, 3.63) is 69.8 Å². The molecule has 0 N–H and O–H groups in total. The molecule has 2 aromatic heterocycles. The first-order chi connectivity index (χ1) is 12.6. The fourth-order valence-corrected chi connectivity index (χ4v) is 3.64. The van der Waals surface area contributed by atoms with Gasteiger partial charge in [-0.1, -0.05) is 0 Å². The van der Waals surface area contributed by atoms with Crippen LogP contribution in [0.15, 0.2) is 42.6 Å². The van der Waals surface area contributed by atoms with Crippen LogP contribution in [0.5, 0.6) is 5.75 Å². The number of carbonyl (C=O) groups excluding carboxylic acids is 1. The summed E-state index contributed by atoms with van der Waals surface area (Å²) in [6.07, 6.45) is 1.68. The molecule has 5 nitrogen and oxygen atoms in total. The van der Waals surface area contributed by atoms with Gasteiger partial charge in [-0.25, -0.2) is 18.7 Å². The molecule has 0 bridgehead atoms. The Labute approximate surface area is 151 Å². The van der Waals surface area contributed by atoms with E-state index in [9.17, 15) is 13.6 Å². The van der Waals surface area contributed by atoms with Crippen LogP contribution < -0.4 is 9.64 Å². The molecular formula is C18H13F2N3O2S. The summed E-state index contributed by atoms with van der Waals surface area (Å²) in [5.74, 6) is -0.0300. The first kappa shape index (κ1) is 16.6. The number of anilines is 1. The zero-order valence-electron chi connectivity index (χ0n) is 13.5. The second kappa shape index (κ2) is 6.80. The lowest BCUT2D eigenvalue weighted by Gasteiger charge is -2.24. The molecule has 132 valence electrons. The zero-order chi connectivity index (χ0) is 18.1. The third kappa shape index (κ3) is 3.28. The summed E-state index contributed by atoms with van der Waals surface area (Å²) >= 11 is 1.26. The predicted octanol–water partition coefficient (Wildman–Crippen LogP) is 3.60. The Balaban J connectivity index is 1.49.